The molecule has 0 bridgehead atoms. The number of nitrogen functional groups attached to an aromatic ring is 1. The molecule has 5 heteroatoms. The van der Waals surface area contributed by atoms with Crippen molar-refractivity contribution in [3.63, 3.8) is 0 Å². The second kappa shape index (κ2) is 4.98. The molecule has 3 nitrogen and oxygen atoms in total. The summed E-state index contributed by atoms with van der Waals surface area (Å²) in [5, 5.41) is 2.95. The Balaban J connectivity index is 2.22. The maximum absolute atomic E-state index is 12.2. The molecule has 1 aromatic heterocycles. The maximum Gasteiger partial charge on any atom is 0.0897 e. The number of anilines is 1. The lowest BCUT2D eigenvalue weighted by Crippen LogP contribution is -2.00. The van der Waals surface area contributed by atoms with Gasteiger partial charge in [-0.15, -0.1) is 11.3 Å². The summed E-state index contributed by atoms with van der Waals surface area (Å²) in [6.07, 6.45) is 0. The van der Waals surface area contributed by atoms with Crippen LogP contribution in [0.2, 0.25) is 0 Å². The number of rotatable bonds is 3. The number of nitrogens with zero attached hydrogens (tertiary/aromatic N) is 1. The van der Waals surface area contributed by atoms with Gasteiger partial charge in [0, 0.05) is 16.0 Å². The number of benzene rings is 1. The fourth-order valence-corrected chi connectivity index (χ4v) is 3.53. The van der Waals surface area contributed by atoms with Crippen molar-refractivity contribution in [3.05, 3.63) is 39.8 Å². The number of thiazole rings is 1. The first-order chi connectivity index (χ1) is 8.06. The van der Waals surface area contributed by atoms with Gasteiger partial charge >= 0.3 is 0 Å². The predicted octanol–water partition coefficient (Wildman–Crippen LogP) is 2.65. The van der Waals surface area contributed by atoms with Crippen LogP contribution in [0, 0.1) is 13.8 Å². The van der Waals surface area contributed by atoms with Crippen molar-refractivity contribution >= 4 is 27.8 Å². The van der Waals surface area contributed by atoms with Gasteiger partial charge in [-0.1, -0.05) is 6.07 Å². The minimum atomic E-state index is -1.08. The Hall–Kier alpha value is -1.20. The zero-order valence-corrected chi connectivity index (χ0v) is 11.4. The molecular formula is C12H14N2OS2. The fraction of sp³-hybridized carbons (Fsp3) is 0.250. The van der Waals surface area contributed by atoms with Crippen molar-refractivity contribution in [3.8, 4) is 0 Å². The van der Waals surface area contributed by atoms with E-state index in [-0.39, 0.29) is 0 Å². The molecule has 1 unspecified atom stereocenters. The van der Waals surface area contributed by atoms with E-state index in [2.05, 4.69) is 4.98 Å². The Labute approximate surface area is 107 Å². The molecule has 1 heterocycles. The molecule has 0 radical (unpaired) electrons. The highest BCUT2D eigenvalue weighted by molar-refractivity contribution is 7.84. The topological polar surface area (TPSA) is 56.0 Å². The van der Waals surface area contributed by atoms with E-state index in [1.807, 2.05) is 31.4 Å². The van der Waals surface area contributed by atoms with Crippen LogP contribution in [0.25, 0.3) is 0 Å². The molecule has 0 saturated carbocycles. The quantitative estimate of drug-likeness (QED) is 0.869. The van der Waals surface area contributed by atoms with E-state index < -0.39 is 10.8 Å². The molecule has 0 saturated heterocycles. The average molecular weight is 266 g/mol. The summed E-state index contributed by atoms with van der Waals surface area (Å²) < 4.78 is 12.2. The van der Waals surface area contributed by atoms with Gasteiger partial charge in [-0.25, -0.2) is 4.98 Å². The molecule has 0 spiro atoms. The minimum absolute atomic E-state index is 0.453. The van der Waals surface area contributed by atoms with Crippen LogP contribution in [0.15, 0.2) is 28.5 Å². The van der Waals surface area contributed by atoms with E-state index in [4.69, 9.17) is 5.73 Å². The van der Waals surface area contributed by atoms with Crippen molar-refractivity contribution < 1.29 is 4.21 Å². The van der Waals surface area contributed by atoms with E-state index in [1.54, 1.807) is 17.4 Å². The van der Waals surface area contributed by atoms with E-state index in [1.165, 1.54) is 0 Å². The van der Waals surface area contributed by atoms with E-state index >= 15 is 0 Å². The Morgan fingerprint density at radius 3 is 2.82 bits per heavy atom. The van der Waals surface area contributed by atoms with Gasteiger partial charge < -0.3 is 5.73 Å². The van der Waals surface area contributed by atoms with Crippen molar-refractivity contribution in [2.75, 3.05) is 5.73 Å². The number of aromatic nitrogens is 1. The van der Waals surface area contributed by atoms with Gasteiger partial charge in [0.25, 0.3) is 0 Å². The summed E-state index contributed by atoms with van der Waals surface area (Å²) in [7, 11) is -1.08. The molecule has 17 heavy (non-hydrogen) atoms. The molecule has 2 rings (SSSR count). The lowest BCUT2D eigenvalue weighted by molar-refractivity contribution is 0.681. The van der Waals surface area contributed by atoms with Crippen LogP contribution in [0.1, 0.15) is 16.3 Å². The molecule has 2 aromatic rings. The van der Waals surface area contributed by atoms with Gasteiger partial charge in [-0.2, -0.15) is 0 Å². The van der Waals surface area contributed by atoms with Gasteiger partial charge in [-0.3, -0.25) is 4.21 Å². The summed E-state index contributed by atoms with van der Waals surface area (Å²) in [6, 6.07) is 5.50. The van der Waals surface area contributed by atoms with E-state index in [0.717, 1.165) is 21.2 Å². The third-order valence-electron chi connectivity index (χ3n) is 2.40. The molecule has 2 N–H and O–H groups in total. The molecular weight excluding hydrogens is 252 g/mol. The van der Waals surface area contributed by atoms with Crippen LogP contribution in [-0.4, -0.2) is 9.19 Å². The largest absolute Gasteiger partial charge is 0.399 e. The monoisotopic (exact) mass is 266 g/mol. The zero-order valence-electron chi connectivity index (χ0n) is 9.77. The molecule has 90 valence electrons. The average Bonchev–Trinajstić information content (AvgIpc) is 2.67. The van der Waals surface area contributed by atoms with Crippen LogP contribution in [0.3, 0.4) is 0 Å². The Bertz CT molecular complexity index is 563. The summed E-state index contributed by atoms with van der Waals surface area (Å²) >= 11 is 1.58. The van der Waals surface area contributed by atoms with Crippen LogP contribution >= 0.6 is 11.3 Å². The van der Waals surface area contributed by atoms with Crippen molar-refractivity contribution in [2.45, 2.75) is 24.5 Å². The first-order valence-corrected chi connectivity index (χ1v) is 7.41. The Morgan fingerprint density at radius 2 is 2.18 bits per heavy atom. The second-order valence-electron chi connectivity index (χ2n) is 3.87. The van der Waals surface area contributed by atoms with Crippen LogP contribution in [-0.2, 0) is 16.6 Å². The lowest BCUT2D eigenvalue weighted by Gasteiger charge is -2.05. The predicted molar refractivity (Wildman–Crippen MR) is 72.6 cm³/mol. The molecule has 1 aromatic carbocycles. The number of hydrogen-bond donors (Lipinski definition) is 1. The summed E-state index contributed by atoms with van der Waals surface area (Å²) in [5.41, 5.74) is 8.25. The van der Waals surface area contributed by atoms with E-state index in [0.29, 0.717) is 11.4 Å². The molecule has 0 aliphatic carbocycles. The maximum atomic E-state index is 12.2. The van der Waals surface area contributed by atoms with Crippen LogP contribution < -0.4 is 5.73 Å². The number of nitrogens with two attached hydrogens (primary N) is 1. The number of hydrogen-bond acceptors (Lipinski definition) is 4. The Morgan fingerprint density at radius 1 is 1.41 bits per heavy atom. The lowest BCUT2D eigenvalue weighted by atomic mass is 10.2. The van der Waals surface area contributed by atoms with Crippen LogP contribution in [0.5, 0.6) is 0 Å². The normalized spacial score (nSPS) is 12.6. The van der Waals surface area contributed by atoms with Gasteiger partial charge in [0.1, 0.15) is 0 Å². The van der Waals surface area contributed by atoms with Gasteiger partial charge in [-0.05, 0) is 31.5 Å². The van der Waals surface area contributed by atoms with E-state index in [9.17, 15) is 4.21 Å². The summed E-state index contributed by atoms with van der Waals surface area (Å²) in [6.45, 7) is 3.89. The summed E-state index contributed by atoms with van der Waals surface area (Å²) in [5.74, 6) is 0.453. The third kappa shape index (κ3) is 2.92. The van der Waals surface area contributed by atoms with Crippen molar-refractivity contribution in [1.82, 2.24) is 4.98 Å². The third-order valence-corrected chi connectivity index (χ3v) is 4.71. The van der Waals surface area contributed by atoms with Crippen LogP contribution in [0.4, 0.5) is 5.69 Å². The van der Waals surface area contributed by atoms with Crippen molar-refractivity contribution in [2.24, 2.45) is 0 Å². The standard InChI is InChI=1S/C12H14N2OS2/c1-8-3-4-10(13)5-12(8)17(15)7-11-6-16-9(2)14-11/h3-6H,7,13H2,1-2H3. The molecule has 0 aliphatic heterocycles. The van der Waals surface area contributed by atoms with Gasteiger partial charge in [0.2, 0.25) is 0 Å². The fourth-order valence-electron chi connectivity index (χ4n) is 1.55. The summed E-state index contributed by atoms with van der Waals surface area (Å²) in [4.78, 5) is 5.12. The van der Waals surface area contributed by atoms with Gasteiger partial charge in [0.15, 0.2) is 0 Å². The SMILES string of the molecule is Cc1nc(CS(=O)c2cc(N)ccc2C)cs1. The first kappa shape index (κ1) is 12.3. The smallest absolute Gasteiger partial charge is 0.0897 e. The zero-order chi connectivity index (χ0) is 12.4. The first-order valence-electron chi connectivity index (χ1n) is 5.22. The van der Waals surface area contributed by atoms with Crippen molar-refractivity contribution in [1.29, 1.82) is 0 Å². The highest BCUT2D eigenvalue weighted by atomic mass is 32.2. The molecule has 0 aliphatic rings. The number of aryl methyl sites for hydroxylation is 2. The second-order valence-corrected chi connectivity index (χ2v) is 6.35. The highest BCUT2D eigenvalue weighted by Crippen LogP contribution is 2.20. The minimum Gasteiger partial charge on any atom is -0.399 e. The molecule has 1 atom stereocenters. The van der Waals surface area contributed by atoms with Gasteiger partial charge in [0.05, 0.1) is 27.3 Å². The molecule has 0 amide bonds. The Kier molecular flexibility index (Phi) is 3.59. The highest BCUT2D eigenvalue weighted by Gasteiger charge is 2.10. The molecule has 0 fully saturated rings.